The number of nitrogen functional groups attached to an aromatic ring is 2. The van der Waals surface area contributed by atoms with Crippen molar-refractivity contribution in [2.45, 2.75) is 0 Å². The summed E-state index contributed by atoms with van der Waals surface area (Å²) in [5, 5.41) is 24.7. The quantitative estimate of drug-likeness (QED) is 0.0915. The number of nitrogens with zero attached hydrogens (tertiary/aromatic N) is 1. The fraction of sp³-hybridized carbons (Fsp3) is 0. The molecular formula is C27H20N4O3. The Morgan fingerprint density at radius 2 is 1.18 bits per heavy atom. The van der Waals surface area contributed by atoms with Gasteiger partial charge in [-0.2, -0.15) is 0 Å². The maximum Gasteiger partial charge on any atom is 0.269 e. The number of fused-ring (bicyclic) bond motifs is 6. The fourth-order valence-electron chi connectivity index (χ4n) is 3.98. The summed E-state index contributed by atoms with van der Waals surface area (Å²) in [6.45, 7) is 0. The molecule has 1 aromatic heterocycles. The van der Waals surface area contributed by atoms with Crippen molar-refractivity contribution in [1.82, 2.24) is 0 Å². The van der Waals surface area contributed by atoms with Gasteiger partial charge < -0.3 is 21.3 Å². The van der Waals surface area contributed by atoms with E-state index in [2.05, 4.69) is 18.2 Å². The van der Waals surface area contributed by atoms with Crippen molar-refractivity contribution in [3.8, 4) is 0 Å². The van der Waals surface area contributed by atoms with Gasteiger partial charge in [-0.25, -0.2) is 0 Å². The van der Waals surface area contributed by atoms with E-state index in [4.69, 9.17) is 21.3 Å². The minimum atomic E-state index is -0.459. The molecule has 0 saturated carbocycles. The second kappa shape index (κ2) is 8.22. The van der Waals surface area contributed by atoms with Gasteiger partial charge in [-0.3, -0.25) is 10.1 Å². The average Bonchev–Trinajstić information content (AvgIpc) is 2.83. The summed E-state index contributed by atoms with van der Waals surface area (Å²) in [6, 6.07) is 27.6. The van der Waals surface area contributed by atoms with Crippen molar-refractivity contribution in [3.05, 3.63) is 106 Å². The number of hydrogen-bond acceptors (Lipinski definition) is 6. The number of nitro groups is 1. The van der Waals surface area contributed by atoms with Crippen molar-refractivity contribution in [2.75, 3.05) is 11.5 Å². The largest absolute Gasteiger partial charge is 0.455 e. The van der Waals surface area contributed by atoms with Gasteiger partial charge in [-0.15, -0.1) is 0 Å². The summed E-state index contributed by atoms with van der Waals surface area (Å²) >= 11 is 0. The Hall–Kier alpha value is -4.91. The summed E-state index contributed by atoms with van der Waals surface area (Å²) in [5.74, 6) is 0. The number of rotatable bonds is 1. The number of non-ortho nitro benzene ring substituents is 1. The van der Waals surface area contributed by atoms with Crippen LogP contribution in [0.15, 0.2) is 95.4 Å². The summed E-state index contributed by atoms with van der Waals surface area (Å²) in [7, 11) is 0. The van der Waals surface area contributed by atoms with E-state index in [1.165, 1.54) is 24.3 Å². The van der Waals surface area contributed by atoms with Gasteiger partial charge in [0, 0.05) is 45.1 Å². The molecule has 0 saturated heterocycles. The highest BCUT2D eigenvalue weighted by Gasteiger charge is 2.08. The van der Waals surface area contributed by atoms with Crippen molar-refractivity contribution >= 4 is 60.5 Å². The lowest BCUT2D eigenvalue weighted by atomic mass is 10.0. The summed E-state index contributed by atoms with van der Waals surface area (Å²) in [4.78, 5) is 9.62. The van der Waals surface area contributed by atoms with Crippen LogP contribution < -0.4 is 16.8 Å². The van der Waals surface area contributed by atoms with Crippen molar-refractivity contribution in [3.63, 3.8) is 0 Å². The van der Waals surface area contributed by atoms with E-state index in [1.54, 1.807) is 6.07 Å². The van der Waals surface area contributed by atoms with Crippen LogP contribution in [0.25, 0.3) is 43.5 Å². The SMILES string of the molecule is N=c1ccc2c(ccc3cc4ccc5cc(N)ccc5c4oc32)c1.Nc1ccc([N+](=O)[O-])cc1. The average molecular weight is 448 g/mol. The van der Waals surface area contributed by atoms with Crippen LogP contribution in [0.5, 0.6) is 0 Å². The molecule has 5 aromatic carbocycles. The lowest BCUT2D eigenvalue weighted by Gasteiger charge is -2.08. The maximum absolute atomic E-state index is 10.1. The molecule has 0 spiro atoms. The van der Waals surface area contributed by atoms with E-state index < -0.39 is 4.92 Å². The zero-order valence-corrected chi connectivity index (χ0v) is 18.0. The number of nitro benzene ring substituents is 1. The first-order chi connectivity index (χ1) is 16.4. The maximum atomic E-state index is 10.1. The second-order valence-corrected chi connectivity index (χ2v) is 7.98. The van der Waals surface area contributed by atoms with E-state index in [1.807, 2.05) is 42.5 Å². The normalized spacial score (nSPS) is 10.9. The van der Waals surface area contributed by atoms with E-state index in [9.17, 15) is 10.1 Å². The summed E-state index contributed by atoms with van der Waals surface area (Å²) in [6.07, 6.45) is 0. The lowest BCUT2D eigenvalue weighted by molar-refractivity contribution is -0.384. The minimum Gasteiger partial charge on any atom is -0.455 e. The predicted molar refractivity (Wildman–Crippen MR) is 137 cm³/mol. The Labute approximate surface area is 193 Å². The molecule has 0 radical (unpaired) electrons. The number of nitrogens with one attached hydrogen (secondary N) is 1. The van der Waals surface area contributed by atoms with Gasteiger partial charge in [0.25, 0.3) is 5.69 Å². The molecule has 0 atom stereocenters. The van der Waals surface area contributed by atoms with Gasteiger partial charge in [-0.1, -0.05) is 24.3 Å². The molecular weight excluding hydrogens is 428 g/mol. The van der Waals surface area contributed by atoms with Crippen LogP contribution in [-0.4, -0.2) is 4.92 Å². The molecule has 1 heterocycles. The first-order valence-electron chi connectivity index (χ1n) is 10.5. The van der Waals surface area contributed by atoms with E-state index in [-0.39, 0.29) is 5.69 Å². The Kier molecular flexibility index (Phi) is 5.07. The monoisotopic (exact) mass is 448 g/mol. The Morgan fingerprint density at radius 1 is 0.647 bits per heavy atom. The molecule has 0 fully saturated rings. The highest BCUT2D eigenvalue weighted by atomic mass is 16.6. The van der Waals surface area contributed by atoms with E-state index in [0.29, 0.717) is 11.0 Å². The molecule has 0 bridgehead atoms. The molecule has 6 rings (SSSR count). The number of hydrogen-bond donors (Lipinski definition) is 3. The predicted octanol–water partition coefficient (Wildman–Crippen LogP) is 6.13. The zero-order chi connectivity index (χ0) is 23.8. The minimum absolute atomic E-state index is 0.0641. The van der Waals surface area contributed by atoms with E-state index in [0.717, 1.165) is 49.2 Å². The van der Waals surface area contributed by atoms with Gasteiger partial charge in [0.1, 0.15) is 11.2 Å². The molecule has 5 N–H and O–H groups in total. The third-order valence-electron chi connectivity index (χ3n) is 5.64. The Morgan fingerprint density at radius 3 is 1.79 bits per heavy atom. The number of nitrogens with two attached hydrogens (primary N) is 2. The van der Waals surface area contributed by atoms with Crippen LogP contribution in [0.1, 0.15) is 0 Å². The molecule has 7 heteroatoms. The molecule has 166 valence electrons. The van der Waals surface area contributed by atoms with Crippen LogP contribution in [0, 0.1) is 15.5 Å². The molecule has 6 aromatic rings. The van der Waals surface area contributed by atoms with Gasteiger partial charge in [-0.05, 0) is 65.4 Å². The summed E-state index contributed by atoms with van der Waals surface area (Å²) in [5.41, 5.74) is 14.3. The van der Waals surface area contributed by atoms with Gasteiger partial charge >= 0.3 is 0 Å². The van der Waals surface area contributed by atoms with Crippen molar-refractivity contribution in [1.29, 1.82) is 5.41 Å². The third-order valence-corrected chi connectivity index (χ3v) is 5.64. The van der Waals surface area contributed by atoms with Crippen molar-refractivity contribution in [2.24, 2.45) is 0 Å². The first kappa shape index (κ1) is 21.0. The topological polar surface area (TPSA) is 132 Å². The summed E-state index contributed by atoms with van der Waals surface area (Å²) < 4.78 is 6.35. The Balaban J connectivity index is 0.000000204. The number of benzene rings is 5. The van der Waals surface area contributed by atoms with E-state index >= 15 is 0 Å². The van der Waals surface area contributed by atoms with Crippen LogP contribution in [0.4, 0.5) is 17.1 Å². The van der Waals surface area contributed by atoms with Crippen LogP contribution in [-0.2, 0) is 0 Å². The highest BCUT2D eigenvalue weighted by molar-refractivity contribution is 6.11. The van der Waals surface area contributed by atoms with Gasteiger partial charge in [0.15, 0.2) is 0 Å². The molecule has 0 unspecified atom stereocenters. The molecule has 0 aliphatic rings. The smallest absolute Gasteiger partial charge is 0.269 e. The zero-order valence-electron chi connectivity index (χ0n) is 18.0. The first-order valence-corrected chi connectivity index (χ1v) is 10.5. The standard InChI is InChI=1S/C21H14N2O.C6H6N2O2/c22-16-5-7-18-12(10-16)1-3-14-9-15-4-2-13-11-17(23)6-8-19(13)21(15)24-20(14)18;7-5-1-3-6(4-2-5)8(9)10/h1-11,22H,23H2;1-4H,7H2. The second-order valence-electron chi connectivity index (χ2n) is 7.98. The number of anilines is 2. The fourth-order valence-corrected chi connectivity index (χ4v) is 3.98. The van der Waals surface area contributed by atoms with Crippen LogP contribution in [0.3, 0.4) is 0 Å². The molecule has 34 heavy (non-hydrogen) atoms. The molecule has 0 aliphatic carbocycles. The van der Waals surface area contributed by atoms with Gasteiger partial charge in [0.2, 0.25) is 0 Å². The van der Waals surface area contributed by atoms with Gasteiger partial charge in [0.05, 0.1) is 10.3 Å². The highest BCUT2D eigenvalue weighted by Crippen LogP contribution is 2.33. The van der Waals surface area contributed by atoms with Crippen LogP contribution in [0.2, 0.25) is 0 Å². The molecule has 7 nitrogen and oxygen atoms in total. The molecule has 0 aliphatic heterocycles. The Bertz CT molecular complexity index is 1770. The van der Waals surface area contributed by atoms with Crippen LogP contribution >= 0.6 is 0 Å². The third kappa shape index (κ3) is 3.86. The molecule has 0 amide bonds. The lowest BCUT2D eigenvalue weighted by Crippen LogP contribution is -1.94. The van der Waals surface area contributed by atoms with Crippen molar-refractivity contribution < 1.29 is 9.34 Å².